The lowest BCUT2D eigenvalue weighted by Gasteiger charge is -2.17. The maximum absolute atomic E-state index is 12.1. The lowest BCUT2D eigenvalue weighted by molar-refractivity contribution is 0.0843. The molecule has 1 aromatic heterocycles. The molecule has 1 aromatic carbocycles. The van der Waals surface area contributed by atoms with E-state index >= 15 is 0 Å². The highest BCUT2D eigenvalue weighted by Crippen LogP contribution is 2.18. The maximum Gasteiger partial charge on any atom is 0.275 e. The molecule has 2 unspecified atom stereocenters. The third-order valence-electron chi connectivity index (χ3n) is 3.70. The molecule has 3 N–H and O–H groups in total. The van der Waals surface area contributed by atoms with E-state index in [-0.39, 0.29) is 23.9 Å². The average molecular weight is 303 g/mol. The molecule has 0 aliphatic carbocycles. The van der Waals surface area contributed by atoms with Crippen LogP contribution < -0.4 is 5.32 Å². The smallest absolute Gasteiger partial charge is 0.275 e. The van der Waals surface area contributed by atoms with Crippen molar-refractivity contribution in [2.75, 3.05) is 6.54 Å². The van der Waals surface area contributed by atoms with E-state index in [9.17, 15) is 15.0 Å². The van der Waals surface area contributed by atoms with Crippen LogP contribution in [0.1, 0.15) is 30.8 Å². The minimum absolute atomic E-state index is 0.0554. The number of carbonyl (C=O) groups excluding carboxylic acids is 1. The lowest BCUT2D eigenvalue weighted by Crippen LogP contribution is -2.35. The molecular weight excluding hydrogens is 282 g/mol. The zero-order chi connectivity index (χ0) is 16.1. The van der Waals surface area contributed by atoms with Gasteiger partial charge >= 0.3 is 0 Å². The molecule has 0 spiro atoms. The SMILES string of the molecule is CCC(C)C(O)CNC(=O)c1nn(-c2ccccc2)cc1O. The predicted octanol–water partition coefficient (Wildman–Crippen LogP) is 1.71. The Morgan fingerprint density at radius 2 is 2.05 bits per heavy atom. The Labute approximate surface area is 129 Å². The fourth-order valence-electron chi connectivity index (χ4n) is 1.99. The van der Waals surface area contributed by atoms with Crippen LogP contribution in [0.4, 0.5) is 0 Å². The Hall–Kier alpha value is -2.34. The molecular formula is C16H21N3O3. The van der Waals surface area contributed by atoms with Crippen LogP contribution in [0.25, 0.3) is 5.69 Å². The van der Waals surface area contributed by atoms with Crippen LogP contribution >= 0.6 is 0 Å². The van der Waals surface area contributed by atoms with E-state index in [1.165, 1.54) is 10.9 Å². The first kappa shape index (κ1) is 16.0. The molecule has 1 heterocycles. The highest BCUT2D eigenvalue weighted by atomic mass is 16.3. The Kier molecular flexibility index (Phi) is 5.16. The first-order valence-corrected chi connectivity index (χ1v) is 7.33. The van der Waals surface area contributed by atoms with E-state index in [1.807, 2.05) is 44.2 Å². The largest absolute Gasteiger partial charge is 0.504 e. The molecule has 2 aromatic rings. The summed E-state index contributed by atoms with van der Waals surface area (Å²) < 4.78 is 1.44. The maximum atomic E-state index is 12.1. The van der Waals surface area contributed by atoms with Crippen molar-refractivity contribution < 1.29 is 15.0 Å². The van der Waals surface area contributed by atoms with Crippen LogP contribution in [0, 0.1) is 5.92 Å². The van der Waals surface area contributed by atoms with Gasteiger partial charge in [0.15, 0.2) is 11.4 Å². The summed E-state index contributed by atoms with van der Waals surface area (Å²) in [5.41, 5.74) is 0.691. The van der Waals surface area contributed by atoms with Gasteiger partial charge in [0.1, 0.15) is 0 Å². The van der Waals surface area contributed by atoms with Crippen molar-refractivity contribution in [3.63, 3.8) is 0 Å². The highest BCUT2D eigenvalue weighted by Gasteiger charge is 2.19. The van der Waals surface area contributed by atoms with Gasteiger partial charge in [-0.05, 0) is 18.1 Å². The second-order valence-corrected chi connectivity index (χ2v) is 5.31. The van der Waals surface area contributed by atoms with Crippen LogP contribution in [-0.2, 0) is 0 Å². The zero-order valence-corrected chi connectivity index (χ0v) is 12.7. The third-order valence-corrected chi connectivity index (χ3v) is 3.70. The molecule has 0 bridgehead atoms. The molecule has 6 nitrogen and oxygen atoms in total. The summed E-state index contributed by atoms with van der Waals surface area (Å²) in [5, 5.41) is 26.4. The van der Waals surface area contributed by atoms with E-state index in [4.69, 9.17) is 0 Å². The number of rotatable bonds is 6. The minimum Gasteiger partial charge on any atom is -0.504 e. The van der Waals surface area contributed by atoms with Gasteiger partial charge in [-0.3, -0.25) is 4.79 Å². The summed E-state index contributed by atoms with van der Waals surface area (Å²) in [6.45, 7) is 4.02. The molecule has 0 saturated carbocycles. The third kappa shape index (κ3) is 3.65. The Bertz CT molecular complexity index is 625. The van der Waals surface area contributed by atoms with Gasteiger partial charge < -0.3 is 15.5 Å². The van der Waals surface area contributed by atoms with Crippen LogP contribution in [0.15, 0.2) is 36.5 Å². The molecule has 2 atom stereocenters. The van der Waals surface area contributed by atoms with Gasteiger partial charge in [-0.2, -0.15) is 5.10 Å². The number of nitrogens with zero attached hydrogens (tertiary/aromatic N) is 2. The van der Waals surface area contributed by atoms with E-state index in [2.05, 4.69) is 10.4 Å². The summed E-state index contributed by atoms with van der Waals surface area (Å²) in [6.07, 6.45) is 1.59. The van der Waals surface area contributed by atoms with E-state index in [1.54, 1.807) is 0 Å². The monoisotopic (exact) mass is 303 g/mol. The van der Waals surface area contributed by atoms with E-state index in [0.717, 1.165) is 12.1 Å². The Morgan fingerprint density at radius 1 is 1.36 bits per heavy atom. The molecule has 0 fully saturated rings. The fraction of sp³-hybridized carbons (Fsp3) is 0.375. The molecule has 1 amide bonds. The molecule has 0 saturated heterocycles. The molecule has 6 heteroatoms. The zero-order valence-electron chi connectivity index (χ0n) is 12.7. The van der Waals surface area contributed by atoms with Gasteiger partial charge in [-0.25, -0.2) is 4.68 Å². The summed E-state index contributed by atoms with van der Waals surface area (Å²) in [5.74, 6) is -0.607. The van der Waals surface area contributed by atoms with Crippen molar-refractivity contribution in [1.82, 2.24) is 15.1 Å². The molecule has 0 aliphatic heterocycles. The predicted molar refractivity (Wildman–Crippen MR) is 83.0 cm³/mol. The van der Waals surface area contributed by atoms with Gasteiger partial charge in [0, 0.05) is 6.54 Å². The molecule has 0 radical (unpaired) electrons. The van der Waals surface area contributed by atoms with Crippen molar-refractivity contribution in [3.8, 4) is 11.4 Å². The van der Waals surface area contributed by atoms with Gasteiger partial charge in [-0.15, -0.1) is 0 Å². The van der Waals surface area contributed by atoms with Crippen LogP contribution in [-0.4, -0.2) is 38.5 Å². The van der Waals surface area contributed by atoms with Crippen molar-refractivity contribution in [2.24, 2.45) is 5.92 Å². The van der Waals surface area contributed by atoms with Gasteiger partial charge in [0.05, 0.1) is 18.0 Å². The number of aliphatic hydroxyl groups is 1. The normalized spacial score (nSPS) is 13.6. The first-order valence-electron chi connectivity index (χ1n) is 7.33. The molecule has 2 rings (SSSR count). The molecule has 118 valence electrons. The Balaban J connectivity index is 2.06. The van der Waals surface area contributed by atoms with Gasteiger partial charge in [-0.1, -0.05) is 38.5 Å². The Morgan fingerprint density at radius 3 is 2.68 bits per heavy atom. The number of amides is 1. The van der Waals surface area contributed by atoms with E-state index < -0.39 is 12.0 Å². The van der Waals surface area contributed by atoms with Crippen LogP contribution in [0.2, 0.25) is 0 Å². The summed E-state index contributed by atoms with van der Waals surface area (Å²) in [6, 6.07) is 9.20. The number of carbonyl (C=O) groups is 1. The highest BCUT2D eigenvalue weighted by molar-refractivity contribution is 5.94. The minimum atomic E-state index is -0.618. The number of hydrogen-bond acceptors (Lipinski definition) is 4. The van der Waals surface area contributed by atoms with Crippen LogP contribution in [0.3, 0.4) is 0 Å². The van der Waals surface area contributed by atoms with Crippen molar-refractivity contribution >= 4 is 5.91 Å². The van der Waals surface area contributed by atoms with Crippen molar-refractivity contribution in [1.29, 1.82) is 0 Å². The first-order chi connectivity index (χ1) is 10.5. The number of hydrogen-bond donors (Lipinski definition) is 3. The number of benzene rings is 1. The average Bonchev–Trinajstić information content (AvgIpc) is 2.94. The number of aromatic nitrogens is 2. The number of aliphatic hydroxyl groups excluding tert-OH is 1. The lowest BCUT2D eigenvalue weighted by atomic mass is 10.0. The van der Waals surface area contributed by atoms with Gasteiger partial charge in [0.25, 0.3) is 5.91 Å². The number of para-hydroxylation sites is 1. The molecule has 22 heavy (non-hydrogen) atoms. The summed E-state index contributed by atoms with van der Waals surface area (Å²) >= 11 is 0. The second-order valence-electron chi connectivity index (χ2n) is 5.31. The standard InChI is InChI=1S/C16H21N3O3/c1-3-11(2)13(20)9-17-16(22)15-14(21)10-19(18-15)12-7-5-4-6-8-12/h4-8,10-11,13,20-21H,3,9H2,1-2H3,(H,17,22). The summed E-state index contributed by atoms with van der Waals surface area (Å²) in [7, 11) is 0. The van der Waals surface area contributed by atoms with Crippen LogP contribution in [0.5, 0.6) is 5.75 Å². The number of aromatic hydroxyl groups is 1. The number of nitrogens with one attached hydrogen (secondary N) is 1. The summed E-state index contributed by atoms with van der Waals surface area (Å²) in [4.78, 5) is 12.1. The van der Waals surface area contributed by atoms with E-state index in [0.29, 0.717) is 0 Å². The van der Waals surface area contributed by atoms with Crippen molar-refractivity contribution in [3.05, 3.63) is 42.2 Å². The molecule has 0 aliphatic rings. The van der Waals surface area contributed by atoms with Crippen molar-refractivity contribution in [2.45, 2.75) is 26.4 Å². The van der Waals surface area contributed by atoms with Gasteiger partial charge in [0.2, 0.25) is 0 Å². The fourth-order valence-corrected chi connectivity index (χ4v) is 1.99. The second kappa shape index (κ2) is 7.09. The quantitative estimate of drug-likeness (QED) is 0.758. The topological polar surface area (TPSA) is 87.4 Å².